The van der Waals surface area contributed by atoms with E-state index in [2.05, 4.69) is 36.6 Å². The molecule has 1 aliphatic heterocycles. The van der Waals surface area contributed by atoms with Crippen LogP contribution in [0, 0.1) is 40.4 Å². The third kappa shape index (κ3) is 5.10. The van der Waals surface area contributed by atoms with E-state index in [1.807, 2.05) is 25.1 Å². The highest BCUT2D eigenvalue weighted by molar-refractivity contribution is 5.79. The van der Waals surface area contributed by atoms with Crippen molar-refractivity contribution in [1.29, 1.82) is 0 Å². The van der Waals surface area contributed by atoms with Gasteiger partial charge in [-0.3, -0.25) is 14.5 Å². The van der Waals surface area contributed by atoms with Crippen LogP contribution in [0.2, 0.25) is 0 Å². The van der Waals surface area contributed by atoms with Gasteiger partial charge in [-0.1, -0.05) is 26.0 Å². The van der Waals surface area contributed by atoms with Gasteiger partial charge in [0, 0.05) is 32.1 Å². The lowest BCUT2D eigenvalue weighted by Gasteiger charge is -2.62. The second-order valence-corrected chi connectivity index (χ2v) is 15.0. The summed E-state index contributed by atoms with van der Waals surface area (Å²) < 4.78 is 11.9. The van der Waals surface area contributed by atoms with Gasteiger partial charge in [-0.25, -0.2) is 0 Å². The number of ketones is 1. The summed E-state index contributed by atoms with van der Waals surface area (Å²) in [7, 11) is 1.72. The summed E-state index contributed by atoms with van der Waals surface area (Å²) in [6.07, 6.45) is 10.5. The van der Waals surface area contributed by atoms with Crippen molar-refractivity contribution in [1.82, 2.24) is 4.90 Å². The summed E-state index contributed by atoms with van der Waals surface area (Å²) in [5.74, 6) is 4.38. The normalized spacial score (nSPS) is 40.7. The van der Waals surface area contributed by atoms with Crippen LogP contribution in [0.5, 0.6) is 5.75 Å². The SMILES string of the molecule is COc1ccccc1N1CCN(CC(=O)O[C@]2(C)CC[C@@]3(C)[C@@H](CC[C@@H]4[C@@H]3CC[C@]3(C)[C@@H](C(C)=O)CC[C@@H]43)C2)CC1. The Morgan fingerprint density at radius 3 is 2.34 bits per heavy atom. The Bertz CT molecular complexity index is 1150. The molecule has 5 fully saturated rings. The zero-order chi connectivity index (χ0) is 29.0. The number of hydrogen-bond acceptors (Lipinski definition) is 6. The van der Waals surface area contributed by atoms with Gasteiger partial charge in [-0.05, 0) is 118 Å². The predicted octanol–water partition coefficient (Wildman–Crippen LogP) is 6.37. The van der Waals surface area contributed by atoms with Crippen LogP contribution in [0.15, 0.2) is 24.3 Å². The molecule has 0 N–H and O–H groups in total. The Hall–Kier alpha value is -2.08. The van der Waals surface area contributed by atoms with Crippen LogP contribution < -0.4 is 9.64 Å². The number of methoxy groups -OCH3 is 1. The van der Waals surface area contributed by atoms with Crippen molar-refractivity contribution >= 4 is 17.4 Å². The summed E-state index contributed by atoms with van der Waals surface area (Å²) in [6, 6.07) is 8.16. The molecule has 4 saturated carbocycles. The molecular weight excluding hydrogens is 512 g/mol. The molecule has 8 atom stereocenters. The fourth-order valence-electron chi connectivity index (χ4n) is 10.7. The second kappa shape index (κ2) is 10.9. The fourth-order valence-corrected chi connectivity index (χ4v) is 10.7. The summed E-state index contributed by atoms with van der Waals surface area (Å²) in [6.45, 7) is 12.9. The van der Waals surface area contributed by atoms with Gasteiger partial charge in [0.2, 0.25) is 0 Å². The molecule has 41 heavy (non-hydrogen) atoms. The lowest BCUT2D eigenvalue weighted by atomic mass is 9.44. The number of anilines is 1. The van der Waals surface area contributed by atoms with Crippen LogP contribution in [-0.2, 0) is 14.3 Å². The van der Waals surface area contributed by atoms with Crippen LogP contribution in [0.25, 0.3) is 0 Å². The lowest BCUT2D eigenvalue weighted by Crippen LogP contribution is -2.56. The van der Waals surface area contributed by atoms with Crippen LogP contribution >= 0.6 is 0 Å². The first-order chi connectivity index (χ1) is 19.6. The van der Waals surface area contributed by atoms with Crippen molar-refractivity contribution in [2.45, 2.75) is 91.1 Å². The number of carbonyl (C=O) groups is 2. The average molecular weight is 565 g/mol. The third-order valence-electron chi connectivity index (χ3n) is 12.9. The molecule has 0 spiro atoms. The molecule has 1 saturated heterocycles. The van der Waals surface area contributed by atoms with E-state index >= 15 is 0 Å². The highest BCUT2D eigenvalue weighted by atomic mass is 16.6. The molecule has 0 radical (unpaired) electrons. The van der Waals surface area contributed by atoms with Gasteiger partial charge in [-0.2, -0.15) is 0 Å². The molecule has 226 valence electrons. The van der Waals surface area contributed by atoms with E-state index in [-0.39, 0.29) is 22.9 Å². The predicted molar refractivity (Wildman–Crippen MR) is 162 cm³/mol. The molecule has 6 rings (SSSR count). The number of fused-ring (bicyclic) bond motifs is 5. The van der Waals surface area contributed by atoms with Gasteiger partial charge in [0.05, 0.1) is 19.3 Å². The molecule has 4 aliphatic carbocycles. The molecule has 0 unspecified atom stereocenters. The minimum Gasteiger partial charge on any atom is -0.495 e. The summed E-state index contributed by atoms with van der Waals surface area (Å²) in [5, 5.41) is 0. The number of para-hydroxylation sites is 2. The molecule has 1 aromatic carbocycles. The highest BCUT2D eigenvalue weighted by Crippen LogP contribution is 2.68. The topological polar surface area (TPSA) is 59.1 Å². The lowest BCUT2D eigenvalue weighted by molar-refractivity contribution is -0.182. The standard InChI is InChI=1S/C35H52N2O4/c1-24(38)27-12-13-28-26-11-10-25-22-33(2,16-17-34(25,3)29(26)14-15-35(27,28)4)41-32(39)23-36-18-20-37(21-19-36)30-8-6-7-9-31(30)40-5/h6-9,25-29H,10-23H2,1-5H3/t25-,26-,27+,28-,29-,33+,34-,35+/m0/s1. The van der Waals surface area contributed by atoms with E-state index in [0.29, 0.717) is 29.6 Å². The number of nitrogens with zero attached hydrogens (tertiary/aromatic N) is 2. The maximum Gasteiger partial charge on any atom is 0.320 e. The van der Waals surface area contributed by atoms with Gasteiger partial charge >= 0.3 is 5.97 Å². The summed E-state index contributed by atoms with van der Waals surface area (Å²) >= 11 is 0. The first kappa shape index (κ1) is 29.0. The van der Waals surface area contributed by atoms with E-state index in [1.165, 1.54) is 32.1 Å². The smallest absolute Gasteiger partial charge is 0.320 e. The van der Waals surface area contributed by atoms with Crippen LogP contribution in [0.4, 0.5) is 5.69 Å². The zero-order valence-electron chi connectivity index (χ0n) is 26.1. The number of hydrogen-bond donors (Lipinski definition) is 0. The molecule has 6 heteroatoms. The molecule has 0 bridgehead atoms. The van der Waals surface area contributed by atoms with E-state index in [0.717, 1.165) is 75.1 Å². The number of benzene rings is 1. The number of esters is 1. The van der Waals surface area contributed by atoms with Gasteiger partial charge in [0.25, 0.3) is 0 Å². The van der Waals surface area contributed by atoms with Crippen molar-refractivity contribution in [2.75, 3.05) is 44.7 Å². The average Bonchev–Trinajstić information content (AvgIpc) is 3.31. The second-order valence-electron chi connectivity index (χ2n) is 15.0. The molecule has 1 aromatic rings. The Morgan fingerprint density at radius 1 is 0.878 bits per heavy atom. The minimum atomic E-state index is -0.358. The van der Waals surface area contributed by atoms with Crippen LogP contribution in [0.1, 0.15) is 85.5 Å². The van der Waals surface area contributed by atoms with Crippen molar-refractivity contribution < 1.29 is 19.1 Å². The van der Waals surface area contributed by atoms with Gasteiger partial charge in [-0.15, -0.1) is 0 Å². The first-order valence-corrected chi connectivity index (χ1v) is 16.4. The zero-order valence-corrected chi connectivity index (χ0v) is 26.1. The molecule has 0 aromatic heterocycles. The Morgan fingerprint density at radius 2 is 1.61 bits per heavy atom. The largest absolute Gasteiger partial charge is 0.495 e. The number of ether oxygens (including phenoxy) is 2. The van der Waals surface area contributed by atoms with E-state index in [9.17, 15) is 9.59 Å². The monoisotopic (exact) mass is 564 g/mol. The third-order valence-corrected chi connectivity index (χ3v) is 12.9. The minimum absolute atomic E-state index is 0.0646. The van der Waals surface area contributed by atoms with E-state index < -0.39 is 0 Å². The van der Waals surface area contributed by atoms with Gasteiger partial charge in [0.1, 0.15) is 17.1 Å². The molecule has 6 nitrogen and oxygen atoms in total. The Balaban J connectivity index is 1.04. The maximum atomic E-state index is 13.2. The summed E-state index contributed by atoms with van der Waals surface area (Å²) in [5.41, 5.74) is 1.31. The highest BCUT2D eigenvalue weighted by Gasteiger charge is 2.61. The van der Waals surface area contributed by atoms with Crippen molar-refractivity contribution in [3.05, 3.63) is 24.3 Å². The van der Waals surface area contributed by atoms with Crippen molar-refractivity contribution in [3.8, 4) is 5.75 Å². The Labute approximate surface area is 247 Å². The quantitative estimate of drug-likeness (QED) is 0.375. The fraction of sp³-hybridized carbons (Fsp3) is 0.771. The molecule has 1 heterocycles. The van der Waals surface area contributed by atoms with Crippen molar-refractivity contribution in [3.63, 3.8) is 0 Å². The van der Waals surface area contributed by atoms with Crippen LogP contribution in [0.3, 0.4) is 0 Å². The number of piperazine rings is 1. The van der Waals surface area contributed by atoms with Gasteiger partial charge in [0.15, 0.2) is 0 Å². The first-order valence-electron chi connectivity index (χ1n) is 16.4. The van der Waals surface area contributed by atoms with Crippen LogP contribution in [-0.4, -0.2) is 62.1 Å². The van der Waals surface area contributed by atoms with Crippen molar-refractivity contribution in [2.24, 2.45) is 40.4 Å². The van der Waals surface area contributed by atoms with Gasteiger partial charge < -0.3 is 14.4 Å². The van der Waals surface area contributed by atoms with E-state index in [4.69, 9.17) is 9.47 Å². The maximum absolute atomic E-state index is 13.2. The number of rotatable bonds is 6. The molecule has 0 amide bonds. The molecule has 5 aliphatic rings. The number of carbonyl (C=O) groups excluding carboxylic acids is 2. The van der Waals surface area contributed by atoms with E-state index in [1.54, 1.807) is 7.11 Å². The molecular formula is C35H52N2O4. The Kier molecular flexibility index (Phi) is 7.70. The summed E-state index contributed by atoms with van der Waals surface area (Å²) in [4.78, 5) is 30.3. The number of Topliss-reactive ketones (excluding diaryl/α,β-unsaturated/α-hetero) is 1.